The van der Waals surface area contributed by atoms with E-state index in [0.29, 0.717) is 0 Å². The maximum absolute atomic E-state index is 11.0. The van der Waals surface area contributed by atoms with E-state index in [2.05, 4.69) is 16.7 Å². The molecule has 1 aliphatic rings. The molecule has 0 saturated carbocycles. The molecule has 0 aliphatic carbocycles. The first-order chi connectivity index (χ1) is 8.95. The van der Waals surface area contributed by atoms with E-state index in [9.17, 15) is 4.79 Å². The quantitative estimate of drug-likeness (QED) is 0.687. The first kappa shape index (κ1) is 16.4. The summed E-state index contributed by atoms with van der Waals surface area (Å²) < 4.78 is 0. The van der Waals surface area contributed by atoms with Gasteiger partial charge in [0.05, 0.1) is 5.41 Å². The van der Waals surface area contributed by atoms with Gasteiger partial charge in [0.2, 0.25) is 0 Å². The molecule has 0 aromatic rings. The zero-order chi connectivity index (χ0) is 14.3. The Labute approximate surface area is 117 Å². The molecule has 0 atom stereocenters. The predicted octanol–water partition coefficient (Wildman–Crippen LogP) is 2.30. The summed E-state index contributed by atoms with van der Waals surface area (Å²) in [6.07, 6.45) is 4.14. The lowest BCUT2D eigenvalue weighted by atomic mass is 9.87. The van der Waals surface area contributed by atoms with Crippen LogP contribution in [0.1, 0.15) is 46.5 Å². The van der Waals surface area contributed by atoms with E-state index in [-0.39, 0.29) is 0 Å². The van der Waals surface area contributed by atoms with Crippen molar-refractivity contribution in [3.8, 4) is 0 Å². The molecule has 1 fully saturated rings. The minimum atomic E-state index is -0.680. The maximum atomic E-state index is 11.0. The van der Waals surface area contributed by atoms with Gasteiger partial charge in [0.1, 0.15) is 0 Å². The van der Waals surface area contributed by atoms with E-state index in [4.69, 9.17) is 5.11 Å². The largest absolute Gasteiger partial charge is 0.481 e. The van der Waals surface area contributed by atoms with Crippen molar-refractivity contribution in [1.29, 1.82) is 0 Å². The second kappa shape index (κ2) is 7.85. The third kappa shape index (κ3) is 5.91. The second-order valence-electron chi connectivity index (χ2n) is 6.33. The summed E-state index contributed by atoms with van der Waals surface area (Å²) in [7, 11) is 0. The SMILES string of the molecule is CCCN1CCN(CCCCC(C)(C)C(=O)O)CC1. The van der Waals surface area contributed by atoms with Crippen molar-refractivity contribution in [1.82, 2.24) is 9.80 Å². The molecule has 0 spiro atoms. The molecule has 1 saturated heterocycles. The highest BCUT2D eigenvalue weighted by Gasteiger charge is 2.26. The van der Waals surface area contributed by atoms with E-state index >= 15 is 0 Å². The maximum Gasteiger partial charge on any atom is 0.309 e. The van der Waals surface area contributed by atoms with Gasteiger partial charge in [-0.1, -0.05) is 13.3 Å². The molecule has 19 heavy (non-hydrogen) atoms. The number of piperazine rings is 1. The van der Waals surface area contributed by atoms with Gasteiger partial charge in [-0.25, -0.2) is 0 Å². The Morgan fingerprint density at radius 1 is 1.05 bits per heavy atom. The average Bonchev–Trinajstić information content (AvgIpc) is 2.37. The highest BCUT2D eigenvalue weighted by molar-refractivity contribution is 5.73. The number of nitrogens with zero attached hydrogens (tertiary/aromatic N) is 2. The topological polar surface area (TPSA) is 43.8 Å². The summed E-state index contributed by atoms with van der Waals surface area (Å²) in [4.78, 5) is 16.0. The molecule has 0 bridgehead atoms. The minimum Gasteiger partial charge on any atom is -0.481 e. The summed E-state index contributed by atoms with van der Waals surface area (Å²) in [6.45, 7) is 12.9. The highest BCUT2D eigenvalue weighted by Crippen LogP contribution is 2.23. The molecule has 4 nitrogen and oxygen atoms in total. The van der Waals surface area contributed by atoms with Crippen molar-refractivity contribution in [2.45, 2.75) is 46.5 Å². The number of rotatable bonds is 8. The van der Waals surface area contributed by atoms with Crippen LogP contribution in [0.2, 0.25) is 0 Å². The first-order valence-electron chi connectivity index (χ1n) is 7.64. The van der Waals surface area contributed by atoms with E-state index in [1.807, 2.05) is 13.8 Å². The number of aliphatic carboxylic acids is 1. The van der Waals surface area contributed by atoms with Crippen LogP contribution in [0.4, 0.5) is 0 Å². The fourth-order valence-corrected chi connectivity index (χ4v) is 2.56. The van der Waals surface area contributed by atoms with Gasteiger partial charge in [-0.05, 0) is 46.2 Å². The monoisotopic (exact) mass is 270 g/mol. The zero-order valence-electron chi connectivity index (χ0n) is 12.8. The van der Waals surface area contributed by atoms with Crippen LogP contribution >= 0.6 is 0 Å². The molecule has 0 unspecified atom stereocenters. The lowest BCUT2D eigenvalue weighted by molar-refractivity contribution is -0.147. The molecular weight excluding hydrogens is 240 g/mol. The average molecular weight is 270 g/mol. The van der Waals surface area contributed by atoms with Gasteiger partial charge in [-0.3, -0.25) is 4.79 Å². The van der Waals surface area contributed by atoms with Gasteiger partial charge >= 0.3 is 5.97 Å². The van der Waals surface area contributed by atoms with Crippen LogP contribution in [0.3, 0.4) is 0 Å². The van der Waals surface area contributed by atoms with Crippen molar-refractivity contribution in [2.75, 3.05) is 39.3 Å². The van der Waals surface area contributed by atoms with E-state index < -0.39 is 11.4 Å². The summed E-state index contributed by atoms with van der Waals surface area (Å²) in [6, 6.07) is 0. The number of carboxylic acids is 1. The molecule has 0 radical (unpaired) electrons. The Hall–Kier alpha value is -0.610. The summed E-state index contributed by atoms with van der Waals surface area (Å²) in [5.41, 5.74) is -0.570. The van der Waals surface area contributed by atoms with Crippen molar-refractivity contribution >= 4 is 5.97 Å². The Morgan fingerprint density at radius 2 is 1.58 bits per heavy atom. The summed E-state index contributed by atoms with van der Waals surface area (Å²) in [5.74, 6) is -0.680. The van der Waals surface area contributed by atoms with Gasteiger partial charge in [0, 0.05) is 26.2 Å². The Kier molecular flexibility index (Phi) is 6.80. The second-order valence-corrected chi connectivity index (χ2v) is 6.33. The van der Waals surface area contributed by atoms with E-state index in [0.717, 1.165) is 25.8 Å². The minimum absolute atomic E-state index is 0.570. The molecule has 1 N–H and O–H groups in total. The molecule has 0 amide bonds. The molecule has 1 heterocycles. The van der Waals surface area contributed by atoms with Gasteiger partial charge in [-0.15, -0.1) is 0 Å². The van der Waals surface area contributed by atoms with E-state index in [1.165, 1.54) is 39.1 Å². The standard InChI is InChI=1S/C15H30N2O2/c1-4-8-16-10-12-17(13-11-16)9-6-5-7-15(2,3)14(18)19/h4-13H2,1-3H3,(H,18,19). The summed E-state index contributed by atoms with van der Waals surface area (Å²) >= 11 is 0. The Balaban J connectivity index is 2.10. The predicted molar refractivity (Wildman–Crippen MR) is 78.4 cm³/mol. The van der Waals surface area contributed by atoms with E-state index in [1.54, 1.807) is 0 Å². The third-order valence-electron chi connectivity index (χ3n) is 4.11. The van der Waals surface area contributed by atoms with Crippen LogP contribution in [-0.2, 0) is 4.79 Å². The van der Waals surface area contributed by atoms with Crippen LogP contribution in [0.15, 0.2) is 0 Å². The molecule has 1 rings (SSSR count). The zero-order valence-corrected chi connectivity index (χ0v) is 12.8. The number of unbranched alkanes of at least 4 members (excludes halogenated alkanes) is 1. The van der Waals surface area contributed by atoms with Crippen LogP contribution in [0.5, 0.6) is 0 Å². The molecule has 112 valence electrons. The number of carbonyl (C=O) groups is 1. The van der Waals surface area contributed by atoms with Crippen molar-refractivity contribution in [2.24, 2.45) is 5.41 Å². The van der Waals surface area contributed by atoms with Crippen LogP contribution in [0, 0.1) is 5.41 Å². The lowest BCUT2D eigenvalue weighted by Crippen LogP contribution is -2.46. The van der Waals surface area contributed by atoms with Crippen LogP contribution in [0.25, 0.3) is 0 Å². The number of hydrogen-bond acceptors (Lipinski definition) is 3. The third-order valence-corrected chi connectivity index (χ3v) is 4.11. The molecular formula is C15H30N2O2. The van der Waals surface area contributed by atoms with Crippen LogP contribution in [-0.4, -0.2) is 60.1 Å². The van der Waals surface area contributed by atoms with Crippen LogP contribution < -0.4 is 0 Å². The van der Waals surface area contributed by atoms with Crippen molar-refractivity contribution in [3.05, 3.63) is 0 Å². The lowest BCUT2D eigenvalue weighted by Gasteiger charge is -2.34. The first-order valence-corrected chi connectivity index (χ1v) is 7.64. The normalized spacial score (nSPS) is 18.7. The fraction of sp³-hybridized carbons (Fsp3) is 0.933. The summed E-state index contributed by atoms with van der Waals surface area (Å²) in [5, 5.41) is 9.05. The fourth-order valence-electron chi connectivity index (χ4n) is 2.56. The number of hydrogen-bond donors (Lipinski definition) is 1. The molecule has 0 aromatic carbocycles. The molecule has 0 aromatic heterocycles. The number of carboxylic acid groups (broad SMARTS) is 1. The molecule has 4 heteroatoms. The van der Waals surface area contributed by atoms with Gasteiger partial charge in [-0.2, -0.15) is 0 Å². The highest BCUT2D eigenvalue weighted by atomic mass is 16.4. The van der Waals surface area contributed by atoms with Gasteiger partial charge in [0.25, 0.3) is 0 Å². The Bertz CT molecular complexity index is 271. The smallest absolute Gasteiger partial charge is 0.309 e. The van der Waals surface area contributed by atoms with Crippen molar-refractivity contribution in [3.63, 3.8) is 0 Å². The van der Waals surface area contributed by atoms with Crippen molar-refractivity contribution < 1.29 is 9.90 Å². The van der Waals surface area contributed by atoms with Gasteiger partial charge in [0.15, 0.2) is 0 Å². The Morgan fingerprint density at radius 3 is 2.05 bits per heavy atom. The van der Waals surface area contributed by atoms with Gasteiger partial charge < -0.3 is 14.9 Å². The molecule has 1 aliphatic heterocycles.